The van der Waals surface area contributed by atoms with E-state index in [1.54, 1.807) is 0 Å². The number of esters is 1. The average molecular weight is 228 g/mol. The van der Waals surface area contributed by atoms with Crippen LogP contribution >= 0.6 is 0 Å². The van der Waals surface area contributed by atoms with Gasteiger partial charge in [0, 0.05) is 0 Å². The van der Waals surface area contributed by atoms with Crippen molar-refractivity contribution in [2.45, 2.75) is 64.1 Å². The fourth-order valence-electron chi connectivity index (χ4n) is 2.11. The molecule has 1 saturated carbocycles. The highest BCUT2D eigenvalue weighted by atomic mass is 16.6. The van der Waals surface area contributed by atoms with Crippen LogP contribution in [0.15, 0.2) is 0 Å². The maximum absolute atomic E-state index is 12.0. The van der Waals surface area contributed by atoms with Gasteiger partial charge in [-0.05, 0) is 33.6 Å². The maximum atomic E-state index is 12.0. The molecule has 1 aliphatic rings. The van der Waals surface area contributed by atoms with Gasteiger partial charge in [0.15, 0.2) is 0 Å². The van der Waals surface area contributed by atoms with Crippen LogP contribution in [0.3, 0.4) is 0 Å². The summed E-state index contributed by atoms with van der Waals surface area (Å²) in [7, 11) is 0. The number of carbonyl (C=O) groups is 1. The largest absolute Gasteiger partial charge is 0.460 e. The summed E-state index contributed by atoms with van der Waals surface area (Å²) in [5, 5.41) is 0. The van der Waals surface area contributed by atoms with Crippen LogP contribution < -0.4 is 11.5 Å². The predicted molar refractivity (Wildman–Crippen MR) is 63.5 cm³/mol. The van der Waals surface area contributed by atoms with E-state index in [0.29, 0.717) is 6.42 Å². The third-order valence-corrected chi connectivity index (χ3v) is 2.94. The lowest BCUT2D eigenvalue weighted by Gasteiger charge is -2.32. The molecule has 0 spiro atoms. The van der Waals surface area contributed by atoms with Crippen LogP contribution in [0.2, 0.25) is 0 Å². The summed E-state index contributed by atoms with van der Waals surface area (Å²) in [4.78, 5) is 12.0. The Bertz CT molecular complexity index is 256. The van der Waals surface area contributed by atoms with Crippen molar-refractivity contribution in [3.8, 4) is 0 Å². The van der Waals surface area contributed by atoms with E-state index in [4.69, 9.17) is 16.2 Å². The van der Waals surface area contributed by atoms with E-state index in [2.05, 4.69) is 0 Å². The molecule has 4 N–H and O–H groups in total. The Morgan fingerprint density at radius 2 is 1.88 bits per heavy atom. The van der Waals surface area contributed by atoms with Crippen LogP contribution in [-0.2, 0) is 9.53 Å². The number of hydrogen-bond acceptors (Lipinski definition) is 4. The lowest BCUT2D eigenvalue weighted by molar-refractivity contribution is -0.162. The lowest BCUT2D eigenvalue weighted by Crippen LogP contribution is -2.58. The fraction of sp³-hybridized carbons (Fsp3) is 0.917. The molecule has 1 fully saturated rings. The standard InChI is InChI=1S/C12H24N2O2/c1-11(2,3)16-10(15)9-7-5-4-6-8-12(9,13)14/h9H,4-8,13-14H2,1-3H3. The summed E-state index contributed by atoms with van der Waals surface area (Å²) in [6, 6.07) is 0. The number of nitrogens with two attached hydrogens (primary N) is 2. The van der Waals surface area contributed by atoms with Gasteiger partial charge < -0.3 is 16.2 Å². The van der Waals surface area contributed by atoms with E-state index in [1.165, 1.54) is 0 Å². The first kappa shape index (κ1) is 13.5. The molecule has 1 atom stereocenters. The highest BCUT2D eigenvalue weighted by molar-refractivity contribution is 5.74. The summed E-state index contributed by atoms with van der Waals surface area (Å²) in [6.07, 6.45) is 4.51. The molecular formula is C12H24N2O2. The van der Waals surface area contributed by atoms with Crippen molar-refractivity contribution in [2.24, 2.45) is 17.4 Å². The maximum Gasteiger partial charge on any atom is 0.312 e. The van der Waals surface area contributed by atoms with Gasteiger partial charge in [-0.25, -0.2) is 0 Å². The Balaban J connectivity index is 2.71. The van der Waals surface area contributed by atoms with Crippen LogP contribution in [-0.4, -0.2) is 17.2 Å². The molecule has 0 aromatic rings. The Hall–Kier alpha value is -0.610. The Labute approximate surface area is 97.7 Å². The van der Waals surface area contributed by atoms with Gasteiger partial charge in [-0.3, -0.25) is 4.79 Å². The van der Waals surface area contributed by atoms with E-state index in [-0.39, 0.29) is 11.9 Å². The van der Waals surface area contributed by atoms with Crippen LogP contribution in [0.1, 0.15) is 52.9 Å². The van der Waals surface area contributed by atoms with Crippen molar-refractivity contribution in [1.29, 1.82) is 0 Å². The fourth-order valence-corrected chi connectivity index (χ4v) is 2.11. The minimum Gasteiger partial charge on any atom is -0.460 e. The van der Waals surface area contributed by atoms with Crippen molar-refractivity contribution in [2.75, 3.05) is 0 Å². The highest BCUT2D eigenvalue weighted by Gasteiger charge is 2.39. The molecule has 0 amide bonds. The number of ether oxygens (including phenoxy) is 1. The van der Waals surface area contributed by atoms with Gasteiger partial charge in [0.05, 0.1) is 11.6 Å². The second-order valence-electron chi connectivity index (χ2n) is 5.80. The second kappa shape index (κ2) is 4.72. The van der Waals surface area contributed by atoms with Gasteiger partial charge in [-0.2, -0.15) is 0 Å². The molecule has 0 aliphatic heterocycles. The normalized spacial score (nSPS) is 25.9. The molecule has 0 radical (unpaired) electrons. The molecule has 0 aromatic carbocycles. The monoisotopic (exact) mass is 228 g/mol. The Morgan fingerprint density at radius 3 is 2.44 bits per heavy atom. The number of hydrogen-bond donors (Lipinski definition) is 2. The van der Waals surface area contributed by atoms with Gasteiger partial charge >= 0.3 is 5.97 Å². The number of carbonyl (C=O) groups excluding carboxylic acids is 1. The first-order valence-corrected chi connectivity index (χ1v) is 6.03. The molecule has 0 heterocycles. The molecule has 0 saturated heterocycles. The van der Waals surface area contributed by atoms with E-state index in [1.807, 2.05) is 20.8 Å². The van der Waals surface area contributed by atoms with Crippen molar-refractivity contribution >= 4 is 5.97 Å². The minimum absolute atomic E-state index is 0.251. The summed E-state index contributed by atoms with van der Waals surface area (Å²) in [5.74, 6) is -0.617. The van der Waals surface area contributed by atoms with Crippen LogP contribution in [0, 0.1) is 5.92 Å². The minimum atomic E-state index is -0.904. The molecule has 0 bridgehead atoms. The van der Waals surface area contributed by atoms with Crippen LogP contribution in [0.4, 0.5) is 0 Å². The van der Waals surface area contributed by atoms with E-state index in [0.717, 1.165) is 25.7 Å². The molecule has 4 heteroatoms. The zero-order valence-corrected chi connectivity index (χ0v) is 10.6. The van der Waals surface area contributed by atoms with Crippen LogP contribution in [0.25, 0.3) is 0 Å². The number of rotatable bonds is 1. The third-order valence-electron chi connectivity index (χ3n) is 2.94. The van der Waals surface area contributed by atoms with Crippen molar-refractivity contribution in [1.82, 2.24) is 0 Å². The first-order valence-electron chi connectivity index (χ1n) is 6.03. The molecule has 94 valence electrons. The molecule has 4 nitrogen and oxygen atoms in total. The van der Waals surface area contributed by atoms with Crippen molar-refractivity contribution in [3.05, 3.63) is 0 Å². The van der Waals surface area contributed by atoms with Crippen LogP contribution in [0.5, 0.6) is 0 Å². The molecule has 1 rings (SSSR count). The zero-order chi connectivity index (χ0) is 12.4. The highest BCUT2D eigenvalue weighted by Crippen LogP contribution is 2.29. The van der Waals surface area contributed by atoms with Gasteiger partial charge in [0.25, 0.3) is 0 Å². The first-order chi connectivity index (χ1) is 7.22. The molecular weight excluding hydrogens is 204 g/mol. The average Bonchev–Trinajstić information content (AvgIpc) is 2.22. The van der Waals surface area contributed by atoms with E-state index < -0.39 is 11.3 Å². The Morgan fingerprint density at radius 1 is 1.25 bits per heavy atom. The van der Waals surface area contributed by atoms with Gasteiger partial charge in [0.2, 0.25) is 0 Å². The molecule has 1 aliphatic carbocycles. The third kappa shape index (κ3) is 3.76. The summed E-state index contributed by atoms with van der Waals surface area (Å²) in [6.45, 7) is 5.57. The smallest absolute Gasteiger partial charge is 0.312 e. The van der Waals surface area contributed by atoms with E-state index >= 15 is 0 Å². The SMILES string of the molecule is CC(C)(C)OC(=O)C1CCCCCC1(N)N. The van der Waals surface area contributed by atoms with Crippen molar-refractivity contribution < 1.29 is 9.53 Å². The summed E-state index contributed by atoms with van der Waals surface area (Å²) >= 11 is 0. The van der Waals surface area contributed by atoms with Gasteiger partial charge in [-0.15, -0.1) is 0 Å². The van der Waals surface area contributed by atoms with E-state index in [9.17, 15) is 4.79 Å². The quantitative estimate of drug-likeness (QED) is 0.405. The van der Waals surface area contributed by atoms with Gasteiger partial charge in [0.1, 0.15) is 5.60 Å². The summed E-state index contributed by atoms with van der Waals surface area (Å²) < 4.78 is 5.37. The topological polar surface area (TPSA) is 78.3 Å². The predicted octanol–water partition coefficient (Wildman–Crippen LogP) is 1.52. The molecule has 16 heavy (non-hydrogen) atoms. The lowest BCUT2D eigenvalue weighted by atomic mass is 9.89. The second-order valence-corrected chi connectivity index (χ2v) is 5.80. The Kier molecular flexibility index (Phi) is 3.97. The van der Waals surface area contributed by atoms with Crippen molar-refractivity contribution in [3.63, 3.8) is 0 Å². The van der Waals surface area contributed by atoms with Gasteiger partial charge in [-0.1, -0.05) is 19.3 Å². The zero-order valence-electron chi connectivity index (χ0n) is 10.6. The summed E-state index contributed by atoms with van der Waals surface area (Å²) in [5.41, 5.74) is 10.7. The molecule has 1 unspecified atom stereocenters. The molecule has 0 aromatic heterocycles.